The molecule has 0 spiro atoms. The fourth-order valence-electron chi connectivity index (χ4n) is 3.18. The molecule has 0 amide bonds. The van der Waals surface area contributed by atoms with Gasteiger partial charge in [0, 0.05) is 4.91 Å². The predicted molar refractivity (Wildman–Crippen MR) is 129 cm³/mol. The van der Waals surface area contributed by atoms with Crippen molar-refractivity contribution in [1.82, 2.24) is 0 Å². The summed E-state index contributed by atoms with van der Waals surface area (Å²) in [6.45, 7) is 12.4. The van der Waals surface area contributed by atoms with E-state index >= 15 is 0 Å². The minimum atomic E-state index is -1.02. The van der Waals surface area contributed by atoms with E-state index in [-0.39, 0.29) is 5.73 Å². The smallest absolute Gasteiger partial charge is 0.338 e. The topological polar surface area (TPSA) is 84.3 Å². The molecule has 0 saturated heterocycles. The molecular formula is C24H38N3O3Si. The lowest BCUT2D eigenvalue weighted by atomic mass is 10.1. The van der Waals surface area contributed by atoms with Crippen molar-refractivity contribution in [1.29, 1.82) is 0 Å². The summed E-state index contributed by atoms with van der Waals surface area (Å²) in [5, 5.41) is 4.06. The van der Waals surface area contributed by atoms with E-state index in [4.69, 9.17) is 9.47 Å². The van der Waals surface area contributed by atoms with E-state index in [1.807, 2.05) is 39.0 Å². The molecule has 6 nitrogen and oxygen atoms in total. The molecule has 0 aliphatic rings. The second kappa shape index (κ2) is 14.1. The van der Waals surface area contributed by atoms with Gasteiger partial charge in [0.25, 0.3) is 0 Å². The van der Waals surface area contributed by atoms with E-state index < -0.39 is 32.5 Å². The van der Waals surface area contributed by atoms with Gasteiger partial charge in [-0.25, -0.2) is 4.79 Å². The maximum absolute atomic E-state index is 12.8. The van der Waals surface area contributed by atoms with Crippen LogP contribution in [-0.2, 0) is 9.47 Å². The van der Waals surface area contributed by atoms with Crippen LogP contribution in [0.3, 0.4) is 0 Å². The average molecular weight is 445 g/mol. The highest BCUT2D eigenvalue weighted by Gasteiger charge is 2.36. The van der Waals surface area contributed by atoms with Crippen LogP contribution in [0.5, 0.6) is 0 Å². The largest absolute Gasteiger partial charge is 0.454 e. The Balaban J connectivity index is 3.16. The van der Waals surface area contributed by atoms with Crippen LogP contribution >= 0.6 is 0 Å². The number of nitrogens with zero attached hydrogens (tertiary/aromatic N) is 3. The Bertz CT molecular complexity index is 725. The summed E-state index contributed by atoms with van der Waals surface area (Å²) in [5.41, 5.74) is 9.04. The molecular weight excluding hydrogens is 406 g/mol. The van der Waals surface area contributed by atoms with Gasteiger partial charge in [0.1, 0.15) is 12.1 Å². The van der Waals surface area contributed by atoms with Gasteiger partial charge in [0.15, 0.2) is 0 Å². The zero-order valence-corrected chi connectivity index (χ0v) is 20.9. The zero-order valence-electron chi connectivity index (χ0n) is 19.9. The maximum atomic E-state index is 12.8. The van der Waals surface area contributed by atoms with Crippen molar-refractivity contribution in [2.75, 3.05) is 0 Å². The van der Waals surface area contributed by atoms with E-state index in [0.717, 1.165) is 12.8 Å². The van der Waals surface area contributed by atoms with Crippen LogP contribution in [0.1, 0.15) is 70.2 Å². The molecule has 0 saturated carbocycles. The Labute approximate surface area is 189 Å². The summed E-state index contributed by atoms with van der Waals surface area (Å²) in [7, 11) is -1.02. The standard InChI is InChI=1S/C24H38N3O3Si/c1-7-8-9-10-11-15-18-20(29-22(28)19-16-13-12-14-17-19)21(26-27-25)23(31(5)6)30-24(2,3)4/h12-18,20-21,23H,7-11H2,1-6H3/b18-15+/t20-,21+,23?/m1/s1. The number of esters is 1. The molecule has 1 aromatic rings. The fourth-order valence-corrected chi connectivity index (χ4v) is 4.70. The highest BCUT2D eigenvalue weighted by molar-refractivity contribution is 6.57. The molecule has 0 heterocycles. The summed E-state index contributed by atoms with van der Waals surface area (Å²) in [6.07, 6.45) is 8.74. The van der Waals surface area contributed by atoms with E-state index in [2.05, 4.69) is 30.0 Å². The average Bonchev–Trinajstić information content (AvgIpc) is 2.72. The van der Waals surface area contributed by atoms with Crippen molar-refractivity contribution in [2.45, 2.75) is 96.4 Å². The molecule has 0 aromatic heterocycles. The van der Waals surface area contributed by atoms with E-state index in [0.29, 0.717) is 5.56 Å². The minimum absolute atomic E-state index is 0.306. The lowest BCUT2D eigenvalue weighted by Gasteiger charge is -2.35. The third-order valence-electron chi connectivity index (χ3n) is 4.68. The number of rotatable bonds is 13. The van der Waals surface area contributed by atoms with Crippen LogP contribution in [-0.4, -0.2) is 38.2 Å². The predicted octanol–water partition coefficient (Wildman–Crippen LogP) is 6.89. The molecule has 31 heavy (non-hydrogen) atoms. The van der Waals surface area contributed by atoms with Gasteiger partial charge in [0.05, 0.1) is 25.7 Å². The maximum Gasteiger partial charge on any atom is 0.338 e. The van der Waals surface area contributed by atoms with Crippen LogP contribution in [0.25, 0.3) is 10.4 Å². The van der Waals surface area contributed by atoms with E-state index in [1.54, 1.807) is 24.3 Å². The Morgan fingerprint density at radius 3 is 2.42 bits per heavy atom. The van der Waals surface area contributed by atoms with E-state index in [1.165, 1.54) is 19.3 Å². The van der Waals surface area contributed by atoms with Gasteiger partial charge < -0.3 is 9.47 Å². The van der Waals surface area contributed by atoms with Gasteiger partial charge in [-0.05, 0) is 57.4 Å². The first-order valence-corrected chi connectivity index (χ1v) is 13.7. The highest BCUT2D eigenvalue weighted by atomic mass is 28.3. The second-order valence-electron chi connectivity index (χ2n) is 8.94. The van der Waals surface area contributed by atoms with Crippen LogP contribution in [0.15, 0.2) is 47.6 Å². The number of hydrogen-bond acceptors (Lipinski definition) is 4. The first-order valence-electron chi connectivity index (χ1n) is 11.1. The van der Waals surface area contributed by atoms with Crippen molar-refractivity contribution >= 4 is 14.8 Å². The zero-order chi connectivity index (χ0) is 23.3. The Morgan fingerprint density at radius 1 is 1.19 bits per heavy atom. The SMILES string of the molecule is CCCCCC/C=C/[C@@H](OC(=O)c1ccccc1)[C@H](N=[N+]=[N-])C(OC(C)(C)C)[Si](C)C. The lowest BCUT2D eigenvalue weighted by Crippen LogP contribution is -2.49. The summed E-state index contributed by atoms with van der Waals surface area (Å²) in [4.78, 5) is 15.9. The van der Waals surface area contributed by atoms with Crippen LogP contribution in [0, 0.1) is 0 Å². The molecule has 0 bridgehead atoms. The summed E-state index contributed by atoms with van der Waals surface area (Å²) in [6, 6.07) is 8.24. The van der Waals surface area contributed by atoms with Crippen molar-refractivity contribution in [2.24, 2.45) is 5.11 Å². The van der Waals surface area contributed by atoms with Crippen molar-refractivity contribution in [3.8, 4) is 0 Å². The summed E-state index contributed by atoms with van der Waals surface area (Å²) >= 11 is 0. The lowest BCUT2D eigenvalue weighted by molar-refractivity contribution is -0.0509. The Hall–Kier alpha value is -2.08. The molecule has 171 valence electrons. The molecule has 3 atom stereocenters. The normalized spacial score (nSPS) is 14.8. The van der Waals surface area contributed by atoms with Crippen LogP contribution in [0.4, 0.5) is 0 Å². The Morgan fingerprint density at radius 2 is 1.87 bits per heavy atom. The quantitative estimate of drug-likeness (QED) is 0.0631. The number of unbranched alkanes of at least 4 members (excludes halogenated alkanes) is 4. The van der Waals surface area contributed by atoms with Gasteiger partial charge in [-0.15, -0.1) is 0 Å². The molecule has 0 aliphatic heterocycles. The molecule has 1 radical (unpaired) electrons. The van der Waals surface area contributed by atoms with Gasteiger partial charge >= 0.3 is 5.97 Å². The summed E-state index contributed by atoms with van der Waals surface area (Å²) in [5.74, 6) is -0.435. The monoisotopic (exact) mass is 444 g/mol. The highest BCUT2D eigenvalue weighted by Crippen LogP contribution is 2.23. The molecule has 1 rings (SSSR count). The molecule has 0 fully saturated rings. The molecule has 0 aliphatic carbocycles. The number of hydrogen-bond donors (Lipinski definition) is 0. The van der Waals surface area contributed by atoms with Gasteiger partial charge in [0.2, 0.25) is 0 Å². The van der Waals surface area contributed by atoms with Crippen LogP contribution in [0.2, 0.25) is 13.1 Å². The number of carbonyl (C=O) groups is 1. The number of allylic oxidation sites excluding steroid dienone is 1. The third kappa shape index (κ3) is 10.7. The number of azide groups is 1. The van der Waals surface area contributed by atoms with E-state index in [9.17, 15) is 10.3 Å². The van der Waals surface area contributed by atoms with Gasteiger partial charge in [-0.1, -0.05) is 68.7 Å². The number of benzene rings is 1. The summed E-state index contributed by atoms with van der Waals surface area (Å²) < 4.78 is 12.2. The third-order valence-corrected chi connectivity index (χ3v) is 6.28. The molecule has 1 unspecified atom stereocenters. The van der Waals surface area contributed by atoms with Crippen molar-refractivity contribution < 1.29 is 14.3 Å². The Kier molecular flexibility index (Phi) is 12.2. The van der Waals surface area contributed by atoms with Gasteiger partial charge in [-0.2, -0.15) is 0 Å². The van der Waals surface area contributed by atoms with Crippen molar-refractivity contribution in [3.05, 3.63) is 58.5 Å². The first-order chi connectivity index (χ1) is 14.7. The van der Waals surface area contributed by atoms with Crippen molar-refractivity contribution in [3.63, 3.8) is 0 Å². The second-order valence-corrected chi connectivity index (χ2v) is 11.7. The molecule has 0 N–H and O–H groups in total. The fraction of sp³-hybridized carbons (Fsp3) is 0.625. The molecule has 1 aromatic carbocycles. The molecule has 7 heteroatoms. The number of ether oxygens (including phenoxy) is 2. The van der Waals surface area contributed by atoms with Crippen LogP contribution < -0.4 is 0 Å². The van der Waals surface area contributed by atoms with Gasteiger partial charge in [-0.3, -0.25) is 0 Å². The minimum Gasteiger partial charge on any atom is -0.454 e. The first kappa shape index (κ1) is 27.0. The number of carbonyl (C=O) groups excluding carboxylic acids is 1.